The molecule has 0 radical (unpaired) electrons. The number of fused-ring (bicyclic) bond motifs is 1. The fourth-order valence-corrected chi connectivity index (χ4v) is 4.26. The Balaban J connectivity index is 1.79. The predicted octanol–water partition coefficient (Wildman–Crippen LogP) is 4.38. The number of thiophene rings is 2. The normalized spacial score (nSPS) is 11.1. The van der Waals surface area contributed by atoms with Crippen molar-refractivity contribution in [3.05, 3.63) is 74.3 Å². The summed E-state index contributed by atoms with van der Waals surface area (Å²) in [7, 11) is 0. The summed E-state index contributed by atoms with van der Waals surface area (Å²) in [4.78, 5) is 31.0. The van der Waals surface area contributed by atoms with Crippen molar-refractivity contribution >= 4 is 38.7 Å². The molecule has 0 bridgehead atoms. The zero-order valence-electron chi connectivity index (χ0n) is 13.4. The van der Waals surface area contributed by atoms with E-state index in [1.165, 1.54) is 39.1 Å². The van der Waals surface area contributed by atoms with Gasteiger partial charge in [-0.15, -0.1) is 22.7 Å². The number of aromatic nitrogens is 2. The van der Waals surface area contributed by atoms with E-state index in [1.54, 1.807) is 6.07 Å². The van der Waals surface area contributed by atoms with E-state index in [0.29, 0.717) is 15.1 Å². The molecule has 0 aliphatic heterocycles. The molecule has 0 fully saturated rings. The highest BCUT2D eigenvalue weighted by Gasteiger charge is 2.15. The highest BCUT2D eigenvalue weighted by Crippen LogP contribution is 2.30. The minimum absolute atomic E-state index is 0.00543. The maximum atomic E-state index is 12.9. The molecule has 4 aromatic rings. The third-order valence-corrected chi connectivity index (χ3v) is 5.83. The third-order valence-electron chi connectivity index (χ3n) is 4.03. The molecule has 3 aromatic heterocycles. The first kappa shape index (κ1) is 15.9. The minimum Gasteiger partial charge on any atom is -0.291 e. The van der Waals surface area contributed by atoms with Gasteiger partial charge >= 0.3 is 0 Å². The molecule has 0 aliphatic carbocycles. The number of aryl methyl sites for hydroxylation is 1. The number of carbonyl (C=O) groups excluding carboxylic acids is 1. The molecule has 0 amide bonds. The van der Waals surface area contributed by atoms with Crippen molar-refractivity contribution in [2.45, 2.75) is 13.5 Å². The van der Waals surface area contributed by atoms with Crippen molar-refractivity contribution in [2.24, 2.45) is 0 Å². The van der Waals surface area contributed by atoms with Gasteiger partial charge in [0.05, 0.1) is 23.1 Å². The topological polar surface area (TPSA) is 52.0 Å². The smallest absolute Gasteiger partial charge is 0.263 e. The Morgan fingerprint density at radius 3 is 2.68 bits per heavy atom. The molecule has 124 valence electrons. The summed E-state index contributed by atoms with van der Waals surface area (Å²) in [5, 5.41) is 4.39. The van der Waals surface area contributed by atoms with Crippen molar-refractivity contribution in [1.82, 2.24) is 9.55 Å². The quantitative estimate of drug-likeness (QED) is 0.504. The molecule has 0 N–H and O–H groups in total. The first-order valence-electron chi connectivity index (χ1n) is 7.74. The number of benzene rings is 1. The van der Waals surface area contributed by atoms with Gasteiger partial charge < -0.3 is 0 Å². The number of nitrogens with zero attached hydrogens (tertiary/aromatic N) is 2. The second kappa shape index (κ2) is 6.38. The molecule has 4 rings (SSSR count). The molecule has 0 atom stereocenters. The molecule has 6 heteroatoms. The number of rotatable bonds is 4. The molecule has 0 spiro atoms. The number of hydrogen-bond acceptors (Lipinski definition) is 5. The van der Waals surface area contributed by atoms with Crippen LogP contribution in [0.2, 0.25) is 0 Å². The molecule has 4 nitrogen and oxygen atoms in total. The molecule has 0 aliphatic rings. The van der Waals surface area contributed by atoms with E-state index in [2.05, 4.69) is 4.98 Å². The summed E-state index contributed by atoms with van der Waals surface area (Å²) >= 11 is 2.82. The van der Waals surface area contributed by atoms with Gasteiger partial charge in [0, 0.05) is 10.9 Å². The Morgan fingerprint density at radius 2 is 1.96 bits per heavy atom. The van der Waals surface area contributed by atoms with Crippen LogP contribution in [0.1, 0.15) is 15.2 Å². The maximum Gasteiger partial charge on any atom is 0.263 e. The van der Waals surface area contributed by atoms with Crippen LogP contribution >= 0.6 is 22.7 Å². The second-order valence-corrected chi connectivity index (χ2v) is 7.58. The van der Waals surface area contributed by atoms with Gasteiger partial charge in [0.1, 0.15) is 4.83 Å². The van der Waals surface area contributed by atoms with Crippen molar-refractivity contribution < 1.29 is 4.79 Å². The molecule has 1 aromatic carbocycles. The fourth-order valence-electron chi connectivity index (χ4n) is 2.70. The molecular weight excluding hydrogens is 352 g/mol. The zero-order chi connectivity index (χ0) is 17.4. The third kappa shape index (κ3) is 2.94. The monoisotopic (exact) mass is 366 g/mol. The highest BCUT2D eigenvalue weighted by molar-refractivity contribution is 7.17. The molecule has 0 saturated carbocycles. The summed E-state index contributed by atoms with van der Waals surface area (Å²) in [5.41, 5.74) is 2.85. The zero-order valence-corrected chi connectivity index (χ0v) is 15.1. The maximum absolute atomic E-state index is 12.9. The second-order valence-electron chi connectivity index (χ2n) is 5.77. The summed E-state index contributed by atoms with van der Waals surface area (Å²) in [6, 6.07) is 11.7. The SMILES string of the molecule is Cc1ccc(-c2csc3ncn(CC(=O)c4cccs4)c(=O)c23)cc1. The lowest BCUT2D eigenvalue weighted by Gasteiger charge is -2.05. The van der Waals surface area contributed by atoms with E-state index in [0.717, 1.165) is 11.1 Å². The van der Waals surface area contributed by atoms with E-state index in [-0.39, 0.29) is 17.9 Å². The lowest BCUT2D eigenvalue weighted by atomic mass is 10.1. The first-order chi connectivity index (χ1) is 12.1. The average Bonchev–Trinajstić information content (AvgIpc) is 3.28. The van der Waals surface area contributed by atoms with E-state index in [9.17, 15) is 9.59 Å². The van der Waals surface area contributed by atoms with Crippen LogP contribution in [0.4, 0.5) is 0 Å². The van der Waals surface area contributed by atoms with Crippen LogP contribution in [0.5, 0.6) is 0 Å². The van der Waals surface area contributed by atoms with E-state index < -0.39 is 0 Å². The largest absolute Gasteiger partial charge is 0.291 e. The van der Waals surface area contributed by atoms with Crippen LogP contribution in [0.3, 0.4) is 0 Å². The van der Waals surface area contributed by atoms with Gasteiger partial charge in [0.25, 0.3) is 5.56 Å². The van der Waals surface area contributed by atoms with E-state index in [1.807, 2.05) is 48.0 Å². The van der Waals surface area contributed by atoms with Gasteiger partial charge in [-0.2, -0.15) is 0 Å². The predicted molar refractivity (Wildman–Crippen MR) is 103 cm³/mol. The van der Waals surface area contributed by atoms with Crippen LogP contribution < -0.4 is 5.56 Å². The van der Waals surface area contributed by atoms with Gasteiger partial charge in [-0.05, 0) is 23.9 Å². The number of carbonyl (C=O) groups is 1. The van der Waals surface area contributed by atoms with Crippen molar-refractivity contribution in [3.63, 3.8) is 0 Å². The van der Waals surface area contributed by atoms with E-state index >= 15 is 0 Å². The van der Waals surface area contributed by atoms with Crippen LogP contribution in [0, 0.1) is 6.92 Å². The molecule has 0 saturated heterocycles. The van der Waals surface area contributed by atoms with Gasteiger partial charge in [0.2, 0.25) is 0 Å². The summed E-state index contributed by atoms with van der Waals surface area (Å²) in [6.07, 6.45) is 1.46. The van der Waals surface area contributed by atoms with Gasteiger partial charge in [-0.3, -0.25) is 14.2 Å². The van der Waals surface area contributed by atoms with Crippen molar-refractivity contribution in [3.8, 4) is 11.1 Å². The Morgan fingerprint density at radius 1 is 1.16 bits per heavy atom. The van der Waals surface area contributed by atoms with Gasteiger partial charge in [-0.1, -0.05) is 35.9 Å². The minimum atomic E-state index is -0.174. The number of hydrogen-bond donors (Lipinski definition) is 0. The highest BCUT2D eigenvalue weighted by atomic mass is 32.1. The molecule has 0 unspecified atom stereocenters. The van der Waals surface area contributed by atoms with Gasteiger partial charge in [-0.25, -0.2) is 4.98 Å². The standard InChI is InChI=1S/C19H14N2O2S2/c1-12-4-6-13(7-5-12)14-10-25-18-17(14)19(23)21(11-20-18)9-15(22)16-3-2-8-24-16/h2-8,10-11H,9H2,1H3. The Labute approximate surface area is 152 Å². The summed E-state index contributed by atoms with van der Waals surface area (Å²) in [6.45, 7) is 2.03. The van der Waals surface area contributed by atoms with Crippen LogP contribution in [-0.2, 0) is 6.54 Å². The molecule has 3 heterocycles. The van der Waals surface area contributed by atoms with Gasteiger partial charge in [0.15, 0.2) is 5.78 Å². The lowest BCUT2D eigenvalue weighted by molar-refractivity contribution is 0.0974. The lowest BCUT2D eigenvalue weighted by Crippen LogP contribution is -2.24. The first-order valence-corrected chi connectivity index (χ1v) is 9.50. The average molecular weight is 366 g/mol. The van der Waals surface area contributed by atoms with Crippen molar-refractivity contribution in [2.75, 3.05) is 0 Å². The fraction of sp³-hybridized carbons (Fsp3) is 0.105. The molecular formula is C19H14N2O2S2. The van der Waals surface area contributed by atoms with Crippen LogP contribution in [-0.4, -0.2) is 15.3 Å². The van der Waals surface area contributed by atoms with Crippen molar-refractivity contribution in [1.29, 1.82) is 0 Å². The van der Waals surface area contributed by atoms with Crippen LogP contribution in [0.25, 0.3) is 21.3 Å². The Kier molecular flexibility index (Phi) is 4.07. The summed E-state index contributed by atoms with van der Waals surface area (Å²) in [5.74, 6) is -0.0784. The Hall–Kier alpha value is -2.57. The summed E-state index contributed by atoms with van der Waals surface area (Å²) < 4.78 is 1.40. The number of ketones is 1. The molecule has 25 heavy (non-hydrogen) atoms. The Bertz CT molecular complexity index is 1110. The van der Waals surface area contributed by atoms with Crippen LogP contribution in [0.15, 0.2) is 58.3 Å². The number of Topliss-reactive ketones (excluding diaryl/α,β-unsaturated/α-hetero) is 1. The van der Waals surface area contributed by atoms with E-state index in [4.69, 9.17) is 0 Å².